The van der Waals surface area contributed by atoms with Gasteiger partial charge in [-0.15, -0.1) is 0 Å². The van der Waals surface area contributed by atoms with Crippen LogP contribution in [0.25, 0.3) is 0 Å². The van der Waals surface area contributed by atoms with Gasteiger partial charge in [-0.3, -0.25) is 9.59 Å². The molecule has 6 heteroatoms. The molecule has 2 aromatic carbocycles. The second-order valence-electron chi connectivity index (χ2n) is 5.80. The van der Waals surface area contributed by atoms with E-state index in [9.17, 15) is 9.59 Å². The predicted octanol–water partition coefficient (Wildman–Crippen LogP) is 2.96. The third-order valence-corrected chi connectivity index (χ3v) is 4.16. The van der Waals surface area contributed by atoms with Gasteiger partial charge in [-0.25, -0.2) is 0 Å². The van der Waals surface area contributed by atoms with Crippen molar-refractivity contribution in [2.24, 2.45) is 0 Å². The molecule has 0 fully saturated rings. The Morgan fingerprint density at radius 1 is 1.12 bits per heavy atom. The Bertz CT molecular complexity index is 802. The minimum atomic E-state index is -0.618. The molecule has 0 bridgehead atoms. The highest BCUT2D eigenvalue weighted by molar-refractivity contribution is 6.42. The van der Waals surface area contributed by atoms with E-state index in [2.05, 4.69) is 5.32 Å². The van der Waals surface area contributed by atoms with Gasteiger partial charge in [-0.2, -0.15) is 0 Å². The van der Waals surface area contributed by atoms with E-state index in [1.165, 1.54) is 0 Å². The average molecular weight is 360 g/mol. The molecule has 0 radical (unpaired) electrons. The molecule has 2 aromatic rings. The van der Waals surface area contributed by atoms with Crippen LogP contribution in [0.1, 0.15) is 21.5 Å². The lowest BCUT2D eigenvalue weighted by atomic mass is 10.1. The van der Waals surface area contributed by atoms with Crippen LogP contribution in [0.15, 0.2) is 36.4 Å². The first kappa shape index (κ1) is 17.3. The summed E-state index contributed by atoms with van der Waals surface area (Å²) < 4.78 is 11.0. The van der Waals surface area contributed by atoms with Crippen molar-refractivity contribution >= 4 is 23.3 Å². The van der Waals surface area contributed by atoms with Gasteiger partial charge < -0.3 is 14.8 Å². The van der Waals surface area contributed by atoms with Crippen LogP contribution in [0, 0.1) is 6.92 Å². The summed E-state index contributed by atoms with van der Waals surface area (Å²) in [6.45, 7) is 3.21. The Hall–Kier alpha value is -2.53. The maximum Gasteiger partial charge on any atom is 0.292 e. The molecule has 5 nitrogen and oxygen atoms in total. The van der Waals surface area contributed by atoms with E-state index in [4.69, 9.17) is 21.1 Å². The molecule has 0 unspecified atom stereocenters. The van der Waals surface area contributed by atoms with Crippen LogP contribution in [0.5, 0.6) is 11.5 Å². The number of rotatable bonds is 5. The summed E-state index contributed by atoms with van der Waals surface area (Å²) in [5.74, 6) is -0.00115. The Morgan fingerprint density at radius 2 is 1.84 bits per heavy atom. The molecule has 3 rings (SSSR count). The third-order valence-electron chi connectivity index (χ3n) is 3.88. The molecule has 0 saturated heterocycles. The predicted molar refractivity (Wildman–Crippen MR) is 94.7 cm³/mol. The fraction of sp³-hybridized carbons (Fsp3) is 0.263. The first-order valence-corrected chi connectivity index (χ1v) is 8.39. The number of hydrogen-bond acceptors (Lipinski definition) is 4. The van der Waals surface area contributed by atoms with Crippen molar-refractivity contribution < 1.29 is 19.1 Å². The first-order chi connectivity index (χ1) is 12.0. The molecular formula is C19H18ClNO4. The number of benzene rings is 2. The van der Waals surface area contributed by atoms with Crippen LogP contribution in [0.2, 0.25) is 5.02 Å². The van der Waals surface area contributed by atoms with Crippen molar-refractivity contribution in [3.05, 3.63) is 58.1 Å². The highest BCUT2D eigenvalue weighted by Crippen LogP contribution is 2.38. The number of ether oxygens (including phenoxy) is 2. The smallest absolute Gasteiger partial charge is 0.292 e. The van der Waals surface area contributed by atoms with Gasteiger partial charge in [0.15, 0.2) is 11.5 Å². The highest BCUT2D eigenvalue weighted by atomic mass is 35.5. The quantitative estimate of drug-likeness (QED) is 0.658. The summed E-state index contributed by atoms with van der Waals surface area (Å²) in [6.07, 6.45) is 0.531. The third kappa shape index (κ3) is 4.12. The second-order valence-corrected chi connectivity index (χ2v) is 6.21. The van der Waals surface area contributed by atoms with E-state index in [0.29, 0.717) is 48.3 Å². The van der Waals surface area contributed by atoms with Crippen molar-refractivity contribution in [1.82, 2.24) is 5.32 Å². The summed E-state index contributed by atoms with van der Waals surface area (Å²) in [4.78, 5) is 24.1. The monoisotopic (exact) mass is 359 g/mol. The molecule has 0 saturated carbocycles. The molecule has 0 aromatic heterocycles. The molecule has 1 aliphatic heterocycles. The van der Waals surface area contributed by atoms with Crippen LogP contribution in [-0.4, -0.2) is 31.4 Å². The minimum Gasteiger partial charge on any atom is -0.486 e. The first-order valence-electron chi connectivity index (χ1n) is 8.02. The van der Waals surface area contributed by atoms with Gasteiger partial charge >= 0.3 is 0 Å². The van der Waals surface area contributed by atoms with Gasteiger partial charge in [0, 0.05) is 12.1 Å². The molecule has 1 amide bonds. The number of Topliss-reactive ketones (excluding diaryl/α,β-unsaturated/α-hetero) is 1. The van der Waals surface area contributed by atoms with Gasteiger partial charge in [-0.05, 0) is 31.0 Å². The fourth-order valence-corrected chi connectivity index (χ4v) is 2.83. The van der Waals surface area contributed by atoms with Gasteiger partial charge in [0.1, 0.15) is 13.2 Å². The number of halogens is 1. The molecule has 1 heterocycles. The van der Waals surface area contributed by atoms with Crippen molar-refractivity contribution in [3.8, 4) is 11.5 Å². The fourth-order valence-electron chi connectivity index (χ4n) is 2.55. The van der Waals surface area contributed by atoms with Crippen LogP contribution in [0.3, 0.4) is 0 Å². The molecule has 0 spiro atoms. The number of carbonyl (C=O) groups excluding carboxylic acids is 2. The number of carbonyl (C=O) groups is 2. The SMILES string of the molecule is Cc1ccc(C(=O)C(=O)NCCc2cc(Cl)c3c(c2)OCCO3)cc1. The summed E-state index contributed by atoms with van der Waals surface area (Å²) >= 11 is 6.19. The molecule has 0 aliphatic carbocycles. The van der Waals surface area contributed by atoms with Gasteiger partial charge in [-0.1, -0.05) is 41.4 Å². The number of ketones is 1. The Kier molecular flexibility index (Phi) is 5.24. The summed E-state index contributed by atoms with van der Waals surface area (Å²) in [5.41, 5.74) is 2.32. The number of aryl methyl sites for hydroxylation is 1. The van der Waals surface area contributed by atoms with Crippen molar-refractivity contribution in [1.29, 1.82) is 0 Å². The van der Waals surface area contributed by atoms with E-state index in [1.807, 2.05) is 13.0 Å². The highest BCUT2D eigenvalue weighted by Gasteiger charge is 2.18. The lowest BCUT2D eigenvalue weighted by Gasteiger charge is -2.20. The van der Waals surface area contributed by atoms with Gasteiger partial charge in [0.2, 0.25) is 5.78 Å². The zero-order chi connectivity index (χ0) is 17.8. The van der Waals surface area contributed by atoms with Gasteiger partial charge in [0.25, 0.3) is 5.91 Å². The van der Waals surface area contributed by atoms with Crippen LogP contribution >= 0.6 is 11.6 Å². The largest absolute Gasteiger partial charge is 0.486 e. The normalized spacial score (nSPS) is 12.6. The molecular weight excluding hydrogens is 342 g/mol. The lowest BCUT2D eigenvalue weighted by Crippen LogP contribution is -2.32. The van der Waals surface area contributed by atoms with E-state index in [1.54, 1.807) is 30.3 Å². The van der Waals surface area contributed by atoms with Crippen molar-refractivity contribution in [3.63, 3.8) is 0 Å². The second kappa shape index (κ2) is 7.57. The zero-order valence-electron chi connectivity index (χ0n) is 13.8. The maximum atomic E-state index is 12.1. The van der Waals surface area contributed by atoms with E-state index >= 15 is 0 Å². The van der Waals surface area contributed by atoms with E-state index < -0.39 is 11.7 Å². The van der Waals surface area contributed by atoms with E-state index in [-0.39, 0.29) is 0 Å². The minimum absolute atomic E-state index is 0.326. The summed E-state index contributed by atoms with van der Waals surface area (Å²) in [7, 11) is 0. The van der Waals surface area contributed by atoms with Crippen LogP contribution in [-0.2, 0) is 11.2 Å². The number of hydrogen-bond donors (Lipinski definition) is 1. The van der Waals surface area contributed by atoms with E-state index in [0.717, 1.165) is 11.1 Å². The standard InChI is InChI=1S/C19H18ClNO4/c1-12-2-4-14(5-3-12)17(22)19(23)21-7-6-13-10-15(20)18-16(11-13)24-8-9-25-18/h2-5,10-11H,6-9H2,1H3,(H,21,23). The Labute approximate surface area is 150 Å². The summed E-state index contributed by atoms with van der Waals surface area (Å²) in [6, 6.07) is 10.5. The topological polar surface area (TPSA) is 64.6 Å². The zero-order valence-corrected chi connectivity index (χ0v) is 14.6. The van der Waals surface area contributed by atoms with Gasteiger partial charge in [0.05, 0.1) is 5.02 Å². The van der Waals surface area contributed by atoms with Crippen molar-refractivity contribution in [2.75, 3.05) is 19.8 Å². The Balaban J connectivity index is 1.57. The molecule has 1 N–H and O–H groups in total. The van der Waals surface area contributed by atoms with Crippen LogP contribution in [0.4, 0.5) is 0 Å². The number of fused-ring (bicyclic) bond motifs is 1. The number of nitrogens with one attached hydrogen (secondary N) is 1. The number of amides is 1. The molecule has 1 aliphatic rings. The molecule has 0 atom stereocenters. The van der Waals surface area contributed by atoms with Crippen molar-refractivity contribution in [2.45, 2.75) is 13.3 Å². The molecule has 130 valence electrons. The maximum absolute atomic E-state index is 12.1. The average Bonchev–Trinajstić information content (AvgIpc) is 2.62. The summed E-state index contributed by atoms with van der Waals surface area (Å²) in [5, 5.41) is 3.12. The lowest BCUT2D eigenvalue weighted by molar-refractivity contribution is -0.116. The Morgan fingerprint density at radius 3 is 2.60 bits per heavy atom. The molecule has 25 heavy (non-hydrogen) atoms. The van der Waals surface area contributed by atoms with Crippen LogP contribution < -0.4 is 14.8 Å².